The summed E-state index contributed by atoms with van der Waals surface area (Å²) in [7, 11) is -2.62. The lowest BCUT2D eigenvalue weighted by molar-refractivity contribution is -0.144. The third-order valence-electron chi connectivity index (χ3n) is 4.19. The number of sulfonamides is 1. The molecular weight excluding hydrogens is 342 g/mol. The molecule has 2 heterocycles. The average molecular weight is 361 g/mol. The molecule has 0 bridgehead atoms. The van der Waals surface area contributed by atoms with E-state index in [-0.39, 0.29) is 11.6 Å². The first-order valence-corrected chi connectivity index (χ1v) is 9.19. The second kappa shape index (κ2) is 6.45. The van der Waals surface area contributed by atoms with Crippen molar-refractivity contribution in [3.8, 4) is 0 Å². The van der Waals surface area contributed by atoms with E-state index in [9.17, 15) is 13.2 Å². The van der Waals surface area contributed by atoms with Crippen molar-refractivity contribution in [3.05, 3.63) is 48.2 Å². The maximum Gasteiger partial charge on any atom is 0.323 e. The minimum absolute atomic E-state index is 0.0221. The summed E-state index contributed by atoms with van der Waals surface area (Å²) in [4.78, 5) is 18.0. The molecule has 0 saturated carbocycles. The fraction of sp³-hybridized carbons (Fsp3) is 0.294. The topological polar surface area (TPSA) is 79.8 Å². The molecule has 2 aromatic rings. The van der Waals surface area contributed by atoms with Gasteiger partial charge in [-0.1, -0.05) is 17.7 Å². The number of hydrogen-bond acceptors (Lipinski definition) is 6. The predicted octanol–water partition coefficient (Wildman–Crippen LogP) is 2.05. The first kappa shape index (κ1) is 17.4. The van der Waals surface area contributed by atoms with Gasteiger partial charge in [-0.05, 0) is 38.1 Å². The quantitative estimate of drug-likeness (QED) is 0.779. The Balaban J connectivity index is 2.14. The highest BCUT2D eigenvalue weighted by molar-refractivity contribution is 7.89. The van der Waals surface area contributed by atoms with Crippen molar-refractivity contribution in [2.75, 3.05) is 18.7 Å². The minimum atomic E-state index is -3.86. The van der Waals surface area contributed by atoms with Crippen molar-refractivity contribution >= 4 is 27.5 Å². The Labute approximate surface area is 146 Å². The van der Waals surface area contributed by atoms with Crippen molar-refractivity contribution in [2.45, 2.75) is 24.8 Å². The van der Waals surface area contributed by atoms with Gasteiger partial charge in [-0.25, -0.2) is 13.4 Å². The van der Waals surface area contributed by atoms with Gasteiger partial charge < -0.3 is 9.64 Å². The van der Waals surface area contributed by atoms with Crippen LogP contribution in [0, 0.1) is 6.92 Å². The van der Waals surface area contributed by atoms with E-state index in [1.54, 1.807) is 17.2 Å². The monoisotopic (exact) mass is 361 g/mol. The molecule has 0 N–H and O–H groups in total. The van der Waals surface area contributed by atoms with Gasteiger partial charge in [0.25, 0.3) is 0 Å². The van der Waals surface area contributed by atoms with Crippen LogP contribution in [0.15, 0.2) is 47.5 Å². The largest absolute Gasteiger partial charge is 0.468 e. The fourth-order valence-electron chi connectivity index (χ4n) is 2.74. The van der Waals surface area contributed by atoms with Crippen molar-refractivity contribution in [1.82, 2.24) is 9.29 Å². The molecule has 25 heavy (non-hydrogen) atoms. The molecule has 132 valence electrons. The highest BCUT2D eigenvalue weighted by Crippen LogP contribution is 2.37. The Bertz CT molecular complexity index is 896. The number of rotatable bonds is 3. The van der Waals surface area contributed by atoms with Gasteiger partial charge in [0.15, 0.2) is 5.82 Å². The summed E-state index contributed by atoms with van der Waals surface area (Å²) in [6.45, 7) is 3.46. The number of methoxy groups -OCH3 is 1. The van der Waals surface area contributed by atoms with E-state index < -0.39 is 22.0 Å². The SMILES string of the molecule is COC(=O)C(C)N1CN(c2ccc(C)cc2)c2ncccc2S1(=O)=O. The number of carbonyl (C=O) groups excluding carboxylic acids is 1. The summed E-state index contributed by atoms with van der Waals surface area (Å²) in [6, 6.07) is 9.78. The van der Waals surface area contributed by atoms with Crippen LogP contribution in [-0.4, -0.2) is 43.5 Å². The van der Waals surface area contributed by atoms with Gasteiger partial charge in [0.1, 0.15) is 10.9 Å². The number of carbonyl (C=O) groups is 1. The summed E-state index contributed by atoms with van der Waals surface area (Å²) in [5, 5.41) is 0. The van der Waals surface area contributed by atoms with E-state index in [0.29, 0.717) is 5.82 Å². The highest BCUT2D eigenvalue weighted by atomic mass is 32.2. The van der Waals surface area contributed by atoms with Crippen LogP contribution in [0.4, 0.5) is 11.5 Å². The lowest BCUT2D eigenvalue weighted by Gasteiger charge is -2.38. The Morgan fingerprint density at radius 2 is 1.92 bits per heavy atom. The normalized spacial score (nSPS) is 17.6. The van der Waals surface area contributed by atoms with Crippen LogP contribution in [0.1, 0.15) is 12.5 Å². The standard InChI is InChI=1S/C17H19N3O4S/c1-12-6-8-14(9-7-12)19-11-20(13(2)17(21)24-3)25(22,23)15-5-4-10-18-16(15)19/h4-10,13H,11H2,1-3H3. The van der Waals surface area contributed by atoms with Crippen LogP contribution in [0.2, 0.25) is 0 Å². The summed E-state index contributed by atoms with van der Waals surface area (Å²) in [6.07, 6.45) is 1.55. The van der Waals surface area contributed by atoms with Crippen LogP contribution in [-0.2, 0) is 19.6 Å². The smallest absolute Gasteiger partial charge is 0.323 e. The van der Waals surface area contributed by atoms with E-state index in [0.717, 1.165) is 15.6 Å². The zero-order valence-electron chi connectivity index (χ0n) is 14.2. The molecule has 1 aromatic carbocycles. The number of esters is 1. The average Bonchev–Trinajstić information content (AvgIpc) is 2.62. The molecule has 0 fully saturated rings. The van der Waals surface area contributed by atoms with Gasteiger partial charge in [-0.3, -0.25) is 4.79 Å². The molecule has 8 heteroatoms. The van der Waals surface area contributed by atoms with Gasteiger partial charge in [0.05, 0.1) is 13.8 Å². The van der Waals surface area contributed by atoms with Crippen molar-refractivity contribution in [2.24, 2.45) is 0 Å². The third kappa shape index (κ3) is 2.98. The number of pyridine rings is 1. The van der Waals surface area contributed by atoms with E-state index in [4.69, 9.17) is 4.74 Å². The molecule has 0 radical (unpaired) electrons. The molecule has 1 aromatic heterocycles. The predicted molar refractivity (Wildman–Crippen MR) is 92.9 cm³/mol. The number of nitrogens with zero attached hydrogens (tertiary/aromatic N) is 3. The lowest BCUT2D eigenvalue weighted by Crippen LogP contribution is -2.51. The van der Waals surface area contributed by atoms with Gasteiger partial charge in [-0.2, -0.15) is 4.31 Å². The molecular formula is C17H19N3O4S. The summed E-state index contributed by atoms with van der Waals surface area (Å²) in [5.41, 5.74) is 1.89. The van der Waals surface area contributed by atoms with Crippen molar-refractivity contribution < 1.29 is 17.9 Å². The Kier molecular flexibility index (Phi) is 4.49. The lowest BCUT2D eigenvalue weighted by atomic mass is 10.2. The number of anilines is 2. The van der Waals surface area contributed by atoms with Gasteiger partial charge >= 0.3 is 5.97 Å². The number of fused-ring (bicyclic) bond motifs is 1. The minimum Gasteiger partial charge on any atom is -0.468 e. The van der Waals surface area contributed by atoms with Gasteiger partial charge in [0.2, 0.25) is 10.0 Å². The molecule has 0 amide bonds. The number of hydrogen-bond donors (Lipinski definition) is 0. The van der Waals surface area contributed by atoms with Crippen LogP contribution < -0.4 is 4.90 Å². The summed E-state index contributed by atoms with van der Waals surface area (Å²) >= 11 is 0. The first-order valence-electron chi connectivity index (χ1n) is 7.75. The molecule has 0 saturated heterocycles. The maximum absolute atomic E-state index is 12.9. The fourth-order valence-corrected chi connectivity index (χ4v) is 4.41. The third-order valence-corrected chi connectivity index (χ3v) is 6.12. The van der Waals surface area contributed by atoms with Gasteiger partial charge in [-0.15, -0.1) is 0 Å². The highest BCUT2D eigenvalue weighted by Gasteiger charge is 2.41. The Hall–Kier alpha value is -2.45. The van der Waals surface area contributed by atoms with Crippen LogP contribution in [0.3, 0.4) is 0 Å². The van der Waals surface area contributed by atoms with E-state index in [1.165, 1.54) is 20.1 Å². The summed E-state index contributed by atoms with van der Waals surface area (Å²) < 4.78 is 31.7. The van der Waals surface area contributed by atoms with Crippen molar-refractivity contribution in [1.29, 1.82) is 0 Å². The molecule has 0 spiro atoms. The van der Waals surface area contributed by atoms with Gasteiger partial charge in [0, 0.05) is 11.9 Å². The molecule has 1 unspecified atom stereocenters. The zero-order chi connectivity index (χ0) is 18.2. The molecule has 1 atom stereocenters. The van der Waals surface area contributed by atoms with E-state index in [1.807, 2.05) is 31.2 Å². The van der Waals surface area contributed by atoms with Crippen LogP contribution in [0.5, 0.6) is 0 Å². The van der Waals surface area contributed by atoms with E-state index >= 15 is 0 Å². The van der Waals surface area contributed by atoms with E-state index in [2.05, 4.69) is 4.98 Å². The van der Waals surface area contributed by atoms with Crippen LogP contribution >= 0.6 is 0 Å². The van der Waals surface area contributed by atoms with Crippen LogP contribution in [0.25, 0.3) is 0 Å². The second-order valence-electron chi connectivity index (χ2n) is 5.82. The molecule has 7 nitrogen and oxygen atoms in total. The van der Waals surface area contributed by atoms with Crippen molar-refractivity contribution in [3.63, 3.8) is 0 Å². The molecule has 1 aliphatic heterocycles. The number of ether oxygens (including phenoxy) is 1. The second-order valence-corrected chi connectivity index (χ2v) is 7.68. The molecule has 0 aliphatic carbocycles. The zero-order valence-corrected chi connectivity index (χ0v) is 15.0. The maximum atomic E-state index is 12.9. The first-order chi connectivity index (χ1) is 11.9. The number of benzene rings is 1. The number of aromatic nitrogens is 1. The molecule has 3 rings (SSSR count). The Morgan fingerprint density at radius 3 is 2.56 bits per heavy atom. The Morgan fingerprint density at radius 1 is 1.24 bits per heavy atom. The molecule has 1 aliphatic rings. The number of aryl methyl sites for hydroxylation is 1. The summed E-state index contributed by atoms with van der Waals surface area (Å²) in [5.74, 6) is -0.264.